The van der Waals surface area contributed by atoms with Gasteiger partial charge in [0.05, 0.1) is 4.47 Å². The molecule has 2 nitrogen and oxygen atoms in total. The van der Waals surface area contributed by atoms with E-state index in [-0.39, 0.29) is 5.82 Å². The molecule has 1 aromatic carbocycles. The van der Waals surface area contributed by atoms with Gasteiger partial charge < -0.3 is 10.2 Å². The van der Waals surface area contributed by atoms with Crippen LogP contribution in [-0.4, -0.2) is 25.2 Å². The summed E-state index contributed by atoms with van der Waals surface area (Å²) >= 11 is 3.25. The Kier molecular flexibility index (Phi) is 4.85. The highest BCUT2D eigenvalue weighted by molar-refractivity contribution is 9.10. The molecule has 4 heteroatoms. The van der Waals surface area contributed by atoms with Crippen molar-refractivity contribution in [2.24, 2.45) is 0 Å². The maximum absolute atomic E-state index is 13.8. The molecule has 1 aromatic rings. The van der Waals surface area contributed by atoms with E-state index in [0.29, 0.717) is 16.6 Å². The molecule has 1 aliphatic rings. The molecule has 0 amide bonds. The molecule has 0 aliphatic carbocycles. The Morgan fingerprint density at radius 1 is 1.47 bits per heavy atom. The topological polar surface area (TPSA) is 15.3 Å². The van der Waals surface area contributed by atoms with E-state index in [2.05, 4.69) is 40.0 Å². The summed E-state index contributed by atoms with van der Waals surface area (Å²) in [4.78, 5) is 2.33. The van der Waals surface area contributed by atoms with Crippen molar-refractivity contribution in [1.82, 2.24) is 5.32 Å². The second-order valence-electron chi connectivity index (χ2n) is 5.37. The SMILES string of the molecule is CCNC1CCN(c2cc(F)c(Br)cc2C)C(C)C1. The highest BCUT2D eigenvalue weighted by atomic mass is 79.9. The van der Waals surface area contributed by atoms with E-state index < -0.39 is 0 Å². The maximum Gasteiger partial charge on any atom is 0.139 e. The van der Waals surface area contributed by atoms with Gasteiger partial charge in [-0.25, -0.2) is 4.39 Å². The van der Waals surface area contributed by atoms with Crippen molar-refractivity contribution >= 4 is 21.6 Å². The summed E-state index contributed by atoms with van der Waals surface area (Å²) in [6.45, 7) is 8.42. The molecule has 0 spiro atoms. The number of halogens is 2. The fourth-order valence-electron chi connectivity index (χ4n) is 2.95. The van der Waals surface area contributed by atoms with Gasteiger partial charge in [-0.3, -0.25) is 0 Å². The van der Waals surface area contributed by atoms with Gasteiger partial charge in [-0.1, -0.05) is 6.92 Å². The van der Waals surface area contributed by atoms with Gasteiger partial charge in [-0.05, 0) is 66.9 Å². The van der Waals surface area contributed by atoms with Crippen molar-refractivity contribution < 1.29 is 4.39 Å². The zero-order valence-electron chi connectivity index (χ0n) is 11.8. The summed E-state index contributed by atoms with van der Waals surface area (Å²) in [7, 11) is 0. The monoisotopic (exact) mass is 328 g/mol. The second-order valence-corrected chi connectivity index (χ2v) is 6.23. The predicted octanol–water partition coefficient (Wildman–Crippen LogP) is 3.86. The first kappa shape index (κ1) is 14.8. The normalized spacial score (nSPS) is 23.7. The summed E-state index contributed by atoms with van der Waals surface area (Å²) in [5.41, 5.74) is 2.16. The molecular formula is C15H22BrFN2. The zero-order chi connectivity index (χ0) is 14.0. The van der Waals surface area contributed by atoms with Crippen LogP contribution in [0.1, 0.15) is 32.3 Å². The Balaban J connectivity index is 2.17. The molecule has 1 fully saturated rings. The number of piperidine rings is 1. The van der Waals surface area contributed by atoms with Gasteiger partial charge >= 0.3 is 0 Å². The van der Waals surface area contributed by atoms with Crippen molar-refractivity contribution in [3.8, 4) is 0 Å². The molecule has 2 atom stereocenters. The maximum atomic E-state index is 13.8. The van der Waals surface area contributed by atoms with Crippen LogP contribution in [0.25, 0.3) is 0 Å². The van der Waals surface area contributed by atoms with E-state index in [9.17, 15) is 4.39 Å². The smallest absolute Gasteiger partial charge is 0.139 e. The highest BCUT2D eigenvalue weighted by Gasteiger charge is 2.26. The summed E-state index contributed by atoms with van der Waals surface area (Å²) in [5.74, 6) is -0.179. The average Bonchev–Trinajstić information content (AvgIpc) is 2.35. The van der Waals surface area contributed by atoms with Crippen LogP contribution in [-0.2, 0) is 0 Å². The van der Waals surface area contributed by atoms with Crippen LogP contribution in [0.2, 0.25) is 0 Å². The van der Waals surface area contributed by atoms with E-state index in [1.807, 2.05) is 13.0 Å². The van der Waals surface area contributed by atoms with Crippen LogP contribution >= 0.6 is 15.9 Å². The Morgan fingerprint density at radius 3 is 2.84 bits per heavy atom. The van der Waals surface area contributed by atoms with Gasteiger partial charge in [0.25, 0.3) is 0 Å². The van der Waals surface area contributed by atoms with Gasteiger partial charge in [0.15, 0.2) is 0 Å². The third kappa shape index (κ3) is 3.29. The van der Waals surface area contributed by atoms with E-state index in [0.717, 1.165) is 37.2 Å². The van der Waals surface area contributed by atoms with Gasteiger partial charge in [0.1, 0.15) is 5.82 Å². The molecule has 1 N–H and O–H groups in total. The lowest BCUT2D eigenvalue weighted by atomic mass is 9.96. The average molecular weight is 329 g/mol. The Bertz CT molecular complexity index is 450. The molecule has 1 saturated heterocycles. The third-order valence-corrected chi connectivity index (χ3v) is 4.52. The van der Waals surface area contributed by atoms with Crippen LogP contribution < -0.4 is 10.2 Å². The molecule has 1 aliphatic heterocycles. The summed E-state index contributed by atoms with van der Waals surface area (Å²) in [6, 6.07) is 4.56. The molecule has 0 aromatic heterocycles. The second kappa shape index (κ2) is 6.23. The van der Waals surface area contributed by atoms with E-state index in [1.165, 1.54) is 0 Å². The summed E-state index contributed by atoms with van der Waals surface area (Å²) in [6.07, 6.45) is 2.24. The third-order valence-electron chi connectivity index (χ3n) is 3.92. The van der Waals surface area contributed by atoms with Crippen molar-refractivity contribution in [1.29, 1.82) is 0 Å². The largest absolute Gasteiger partial charge is 0.368 e. The minimum atomic E-state index is -0.179. The highest BCUT2D eigenvalue weighted by Crippen LogP contribution is 2.31. The van der Waals surface area contributed by atoms with E-state index >= 15 is 0 Å². The summed E-state index contributed by atoms with van der Waals surface area (Å²) in [5, 5.41) is 3.51. The Labute approximate surface area is 123 Å². The van der Waals surface area contributed by atoms with E-state index in [4.69, 9.17) is 0 Å². The van der Waals surface area contributed by atoms with Crippen LogP contribution in [0.3, 0.4) is 0 Å². The number of benzene rings is 1. The first-order valence-corrected chi connectivity index (χ1v) is 7.78. The first-order chi connectivity index (χ1) is 9.02. The molecule has 1 heterocycles. The predicted molar refractivity (Wildman–Crippen MR) is 82.3 cm³/mol. The summed E-state index contributed by atoms with van der Waals surface area (Å²) < 4.78 is 14.3. The molecule has 19 heavy (non-hydrogen) atoms. The quantitative estimate of drug-likeness (QED) is 0.906. The standard InChI is InChI=1S/C15H22BrFN2/c1-4-18-12-5-6-19(11(3)8-12)15-9-14(17)13(16)7-10(15)2/h7,9,11-12,18H,4-6,8H2,1-3H3. The lowest BCUT2D eigenvalue weighted by Crippen LogP contribution is -2.47. The van der Waals surface area contributed by atoms with Crippen LogP contribution in [0, 0.1) is 12.7 Å². The van der Waals surface area contributed by atoms with Gasteiger partial charge in [0, 0.05) is 24.3 Å². The molecule has 0 bridgehead atoms. The number of hydrogen-bond acceptors (Lipinski definition) is 2. The van der Waals surface area contributed by atoms with Crippen molar-refractivity contribution in [2.75, 3.05) is 18.0 Å². The lowest BCUT2D eigenvalue weighted by molar-refractivity contribution is 0.373. The van der Waals surface area contributed by atoms with Crippen LogP contribution in [0.15, 0.2) is 16.6 Å². The molecule has 0 radical (unpaired) electrons. The number of nitrogens with zero attached hydrogens (tertiary/aromatic N) is 1. The molecular weight excluding hydrogens is 307 g/mol. The van der Waals surface area contributed by atoms with Gasteiger partial charge in [-0.2, -0.15) is 0 Å². The van der Waals surface area contributed by atoms with Crippen molar-refractivity contribution in [2.45, 2.75) is 45.7 Å². The number of hydrogen-bond donors (Lipinski definition) is 1. The number of nitrogens with one attached hydrogen (secondary N) is 1. The van der Waals surface area contributed by atoms with Crippen LogP contribution in [0.4, 0.5) is 10.1 Å². The number of rotatable bonds is 3. The molecule has 0 saturated carbocycles. The number of aryl methyl sites for hydroxylation is 1. The minimum absolute atomic E-state index is 0.179. The minimum Gasteiger partial charge on any atom is -0.368 e. The Hall–Kier alpha value is -0.610. The lowest BCUT2D eigenvalue weighted by Gasteiger charge is -2.40. The first-order valence-electron chi connectivity index (χ1n) is 6.98. The zero-order valence-corrected chi connectivity index (χ0v) is 13.4. The molecule has 106 valence electrons. The van der Waals surface area contributed by atoms with Crippen LogP contribution in [0.5, 0.6) is 0 Å². The Morgan fingerprint density at radius 2 is 2.21 bits per heavy atom. The fourth-order valence-corrected chi connectivity index (χ4v) is 3.41. The molecule has 2 rings (SSSR count). The van der Waals surface area contributed by atoms with Gasteiger partial charge in [0.2, 0.25) is 0 Å². The van der Waals surface area contributed by atoms with Gasteiger partial charge in [-0.15, -0.1) is 0 Å². The molecule has 2 unspecified atom stereocenters. The van der Waals surface area contributed by atoms with Crippen molar-refractivity contribution in [3.05, 3.63) is 28.0 Å². The number of anilines is 1. The van der Waals surface area contributed by atoms with E-state index in [1.54, 1.807) is 6.07 Å². The van der Waals surface area contributed by atoms with Crippen molar-refractivity contribution in [3.63, 3.8) is 0 Å². The fraction of sp³-hybridized carbons (Fsp3) is 0.600.